The van der Waals surface area contributed by atoms with Crippen molar-refractivity contribution < 1.29 is 17.9 Å². The fourth-order valence-electron chi connectivity index (χ4n) is 4.75. The summed E-state index contributed by atoms with van der Waals surface area (Å²) in [6.07, 6.45) is 5.08. The van der Waals surface area contributed by atoms with Crippen LogP contribution in [0.15, 0.2) is 78.9 Å². The number of para-hydroxylation sites is 1. The number of amides is 2. The normalized spacial score (nSPS) is 14.2. The molecule has 1 saturated heterocycles. The van der Waals surface area contributed by atoms with E-state index in [-0.39, 0.29) is 24.5 Å². The second-order valence-corrected chi connectivity index (χ2v) is 11.7. The van der Waals surface area contributed by atoms with Crippen LogP contribution in [0.3, 0.4) is 0 Å². The van der Waals surface area contributed by atoms with Gasteiger partial charge in [-0.25, -0.2) is 13.2 Å². The van der Waals surface area contributed by atoms with Crippen LogP contribution >= 0.6 is 12.4 Å². The summed E-state index contributed by atoms with van der Waals surface area (Å²) >= 11 is 0. The predicted molar refractivity (Wildman–Crippen MR) is 164 cm³/mol. The van der Waals surface area contributed by atoms with Crippen LogP contribution in [0.5, 0.6) is 11.5 Å². The highest BCUT2D eigenvalue weighted by Crippen LogP contribution is 2.25. The van der Waals surface area contributed by atoms with Gasteiger partial charge in [0.15, 0.2) is 0 Å². The van der Waals surface area contributed by atoms with E-state index in [1.165, 1.54) is 5.56 Å². The molecule has 4 rings (SSSR count). The van der Waals surface area contributed by atoms with Crippen molar-refractivity contribution in [2.45, 2.75) is 45.2 Å². The third-order valence-electron chi connectivity index (χ3n) is 6.76. The van der Waals surface area contributed by atoms with Crippen molar-refractivity contribution in [3.8, 4) is 11.5 Å². The molecule has 0 bridgehead atoms. The Morgan fingerprint density at radius 2 is 1.52 bits per heavy atom. The topological polar surface area (TPSA) is 91.0 Å². The number of anilines is 2. The van der Waals surface area contributed by atoms with Gasteiger partial charge >= 0.3 is 6.03 Å². The molecule has 216 valence electrons. The first-order valence-corrected chi connectivity index (χ1v) is 15.4. The van der Waals surface area contributed by atoms with Gasteiger partial charge in [0.25, 0.3) is 0 Å². The fourth-order valence-corrected chi connectivity index (χ4v) is 5.31. The smallest absolute Gasteiger partial charge is 0.322 e. The number of ether oxygens (including phenoxy) is 1. The van der Waals surface area contributed by atoms with Gasteiger partial charge < -0.3 is 15.0 Å². The summed E-state index contributed by atoms with van der Waals surface area (Å²) in [6, 6.07) is 24.7. The molecule has 10 heteroatoms. The number of nitrogens with one attached hydrogen (secondary N) is 2. The van der Waals surface area contributed by atoms with E-state index in [4.69, 9.17) is 4.74 Å². The molecule has 0 unspecified atom stereocenters. The zero-order valence-electron chi connectivity index (χ0n) is 23.1. The largest absolute Gasteiger partial charge is 0.457 e. The highest BCUT2D eigenvalue weighted by molar-refractivity contribution is 7.92. The number of piperidine rings is 1. The number of sulfonamides is 1. The highest BCUT2D eigenvalue weighted by Gasteiger charge is 2.27. The molecule has 40 heavy (non-hydrogen) atoms. The van der Waals surface area contributed by atoms with Crippen LogP contribution in [0.1, 0.15) is 38.2 Å². The van der Waals surface area contributed by atoms with E-state index in [1.807, 2.05) is 47.4 Å². The van der Waals surface area contributed by atoms with E-state index in [1.54, 1.807) is 24.3 Å². The van der Waals surface area contributed by atoms with Gasteiger partial charge in [-0.1, -0.05) is 43.7 Å². The van der Waals surface area contributed by atoms with Gasteiger partial charge in [0.2, 0.25) is 10.0 Å². The van der Waals surface area contributed by atoms with E-state index in [0.29, 0.717) is 11.4 Å². The number of halogens is 1. The lowest BCUT2D eigenvalue weighted by atomic mass is 10.0. The van der Waals surface area contributed by atoms with Gasteiger partial charge in [-0.2, -0.15) is 0 Å². The second-order valence-electron chi connectivity index (χ2n) is 10.00. The van der Waals surface area contributed by atoms with E-state index >= 15 is 0 Å². The number of hydrogen-bond donors (Lipinski definition) is 2. The molecule has 1 fully saturated rings. The lowest BCUT2D eigenvalue weighted by Gasteiger charge is -2.38. The van der Waals surface area contributed by atoms with Crippen LogP contribution < -0.4 is 14.8 Å². The molecule has 0 atom stereocenters. The number of nitrogens with zero attached hydrogens (tertiary/aromatic N) is 2. The van der Waals surface area contributed by atoms with Crippen LogP contribution in [0.25, 0.3) is 0 Å². The lowest BCUT2D eigenvalue weighted by Crippen LogP contribution is -2.49. The summed E-state index contributed by atoms with van der Waals surface area (Å²) < 4.78 is 31.1. The number of rotatable bonds is 11. The Hall–Kier alpha value is -3.27. The summed E-state index contributed by atoms with van der Waals surface area (Å²) in [7, 11) is -3.31. The SMILES string of the molecule is CCCCN(C(=O)Nc1ccccc1)C1CCN(Cc2ccc(Oc3ccc(NS(C)(=O)=O)cc3)cc2)CC1.Cl. The Kier molecular flexibility index (Phi) is 11.7. The summed E-state index contributed by atoms with van der Waals surface area (Å²) in [4.78, 5) is 17.6. The molecule has 0 aliphatic carbocycles. The molecule has 0 spiro atoms. The molecule has 2 N–H and O–H groups in total. The second kappa shape index (κ2) is 14.9. The zero-order valence-corrected chi connectivity index (χ0v) is 24.7. The van der Waals surface area contributed by atoms with Gasteiger partial charge in [0, 0.05) is 43.6 Å². The third-order valence-corrected chi connectivity index (χ3v) is 7.37. The van der Waals surface area contributed by atoms with E-state index < -0.39 is 10.0 Å². The first kappa shape index (κ1) is 31.3. The summed E-state index contributed by atoms with van der Waals surface area (Å²) in [5.41, 5.74) is 2.53. The number of unbranched alkanes of at least 4 members (excludes halogenated alkanes) is 1. The third kappa shape index (κ3) is 9.73. The maximum absolute atomic E-state index is 13.1. The number of carbonyl (C=O) groups excluding carboxylic acids is 1. The molecule has 0 radical (unpaired) electrons. The molecule has 0 aromatic heterocycles. The first-order chi connectivity index (χ1) is 18.8. The Bertz CT molecular complexity index is 1300. The minimum atomic E-state index is -3.31. The van der Waals surface area contributed by atoms with Crippen LogP contribution in [0.2, 0.25) is 0 Å². The quantitative estimate of drug-likeness (QED) is 0.265. The molecule has 1 aliphatic rings. The fraction of sp³-hybridized carbons (Fsp3) is 0.367. The average Bonchev–Trinajstić information content (AvgIpc) is 2.92. The van der Waals surface area contributed by atoms with Crippen LogP contribution in [-0.2, 0) is 16.6 Å². The number of likely N-dealkylation sites (tertiary alicyclic amines) is 1. The van der Waals surface area contributed by atoms with Gasteiger partial charge in [0.05, 0.1) is 6.26 Å². The molecule has 0 saturated carbocycles. The molecular formula is C30H39ClN4O4S. The number of hydrogen-bond acceptors (Lipinski definition) is 5. The van der Waals surface area contributed by atoms with Gasteiger partial charge in [-0.15, -0.1) is 12.4 Å². The van der Waals surface area contributed by atoms with Crippen molar-refractivity contribution in [3.63, 3.8) is 0 Å². The summed E-state index contributed by atoms with van der Waals surface area (Å²) in [5.74, 6) is 1.35. The Labute approximate surface area is 244 Å². The van der Waals surface area contributed by atoms with E-state index in [0.717, 1.165) is 69.6 Å². The minimum Gasteiger partial charge on any atom is -0.457 e. The monoisotopic (exact) mass is 586 g/mol. The van der Waals surface area contributed by atoms with Gasteiger partial charge in [-0.3, -0.25) is 9.62 Å². The molecule has 3 aromatic carbocycles. The van der Waals surface area contributed by atoms with E-state index in [9.17, 15) is 13.2 Å². The van der Waals surface area contributed by atoms with Crippen molar-refractivity contribution in [1.29, 1.82) is 0 Å². The van der Waals surface area contributed by atoms with Crippen LogP contribution in [0.4, 0.5) is 16.2 Å². The summed E-state index contributed by atoms with van der Waals surface area (Å²) in [5, 5.41) is 3.07. The molecule has 3 aromatic rings. The Morgan fingerprint density at radius 3 is 2.10 bits per heavy atom. The minimum absolute atomic E-state index is 0. The van der Waals surface area contributed by atoms with Crippen molar-refractivity contribution in [3.05, 3.63) is 84.4 Å². The van der Waals surface area contributed by atoms with Crippen molar-refractivity contribution in [1.82, 2.24) is 9.80 Å². The maximum Gasteiger partial charge on any atom is 0.322 e. The Morgan fingerprint density at radius 1 is 0.925 bits per heavy atom. The summed E-state index contributed by atoms with van der Waals surface area (Å²) in [6.45, 7) is 5.67. The van der Waals surface area contributed by atoms with Crippen LogP contribution in [0, 0.1) is 0 Å². The van der Waals surface area contributed by atoms with Crippen molar-refractivity contribution in [2.75, 3.05) is 35.9 Å². The number of urea groups is 1. The van der Waals surface area contributed by atoms with Crippen LogP contribution in [-0.4, -0.2) is 56.2 Å². The van der Waals surface area contributed by atoms with Gasteiger partial charge in [-0.05, 0) is 73.4 Å². The van der Waals surface area contributed by atoms with Crippen molar-refractivity contribution in [2.24, 2.45) is 0 Å². The molecule has 1 heterocycles. The van der Waals surface area contributed by atoms with Gasteiger partial charge in [0.1, 0.15) is 11.5 Å². The standard InChI is InChI=1S/C30H38N4O4S.ClH/c1-3-4-20-34(30(35)31-25-8-6-5-7-9-25)27-18-21-33(22-19-27)23-24-10-14-28(15-11-24)38-29-16-12-26(13-17-29)32-39(2,36)37;/h5-17,27,32H,3-4,18-23H2,1-2H3,(H,31,35);1H. The zero-order chi connectivity index (χ0) is 27.7. The molecular weight excluding hydrogens is 548 g/mol. The predicted octanol–water partition coefficient (Wildman–Crippen LogP) is 6.57. The molecule has 2 amide bonds. The van der Waals surface area contributed by atoms with Crippen molar-refractivity contribution >= 4 is 39.8 Å². The molecule has 1 aliphatic heterocycles. The first-order valence-electron chi connectivity index (χ1n) is 13.5. The maximum atomic E-state index is 13.1. The Balaban J connectivity index is 0.00000441. The number of benzene rings is 3. The van der Waals surface area contributed by atoms with E-state index in [2.05, 4.69) is 34.0 Å². The highest BCUT2D eigenvalue weighted by atomic mass is 35.5. The number of carbonyl (C=O) groups is 1. The molecule has 8 nitrogen and oxygen atoms in total. The lowest BCUT2D eigenvalue weighted by molar-refractivity contribution is 0.122. The average molecular weight is 587 g/mol.